The molecule has 0 saturated carbocycles. The standard InChI is InChI=1S/C11H9Cl2FO2/c1-2-9(15)10(14)11(16)7-5-6(12)3-4-8(7)13/h3-5,10H,2H2,1H3. The van der Waals surface area contributed by atoms with Crippen LogP contribution in [-0.2, 0) is 4.79 Å². The van der Waals surface area contributed by atoms with Crippen LogP contribution in [-0.4, -0.2) is 17.7 Å². The van der Waals surface area contributed by atoms with E-state index in [2.05, 4.69) is 0 Å². The third-order valence-corrected chi connectivity index (χ3v) is 2.62. The monoisotopic (exact) mass is 262 g/mol. The van der Waals surface area contributed by atoms with Crippen molar-refractivity contribution in [3.63, 3.8) is 0 Å². The van der Waals surface area contributed by atoms with Gasteiger partial charge in [0.25, 0.3) is 0 Å². The smallest absolute Gasteiger partial charge is 0.220 e. The summed E-state index contributed by atoms with van der Waals surface area (Å²) in [5, 5.41) is 0.352. The van der Waals surface area contributed by atoms with Gasteiger partial charge in [0, 0.05) is 17.0 Å². The Labute approximate surface area is 102 Å². The number of hydrogen-bond acceptors (Lipinski definition) is 2. The molecule has 0 aliphatic rings. The van der Waals surface area contributed by atoms with E-state index in [9.17, 15) is 14.0 Å². The molecule has 1 aromatic rings. The predicted octanol–water partition coefficient (Wildman–Crippen LogP) is 3.49. The lowest BCUT2D eigenvalue weighted by atomic mass is 10.0. The minimum atomic E-state index is -2.17. The molecule has 1 aromatic carbocycles. The van der Waals surface area contributed by atoms with Crippen LogP contribution in [0.3, 0.4) is 0 Å². The summed E-state index contributed by atoms with van der Waals surface area (Å²) in [6.45, 7) is 1.49. The number of Topliss-reactive ketones (excluding diaryl/α,β-unsaturated/α-hetero) is 2. The molecule has 1 unspecified atom stereocenters. The summed E-state index contributed by atoms with van der Waals surface area (Å²) in [5.74, 6) is -1.71. The van der Waals surface area contributed by atoms with E-state index in [0.29, 0.717) is 0 Å². The zero-order valence-electron chi connectivity index (χ0n) is 8.47. The molecule has 0 spiro atoms. The molecule has 1 atom stereocenters. The van der Waals surface area contributed by atoms with E-state index in [4.69, 9.17) is 23.2 Å². The molecular weight excluding hydrogens is 254 g/mol. The van der Waals surface area contributed by atoms with Gasteiger partial charge in [-0.05, 0) is 18.2 Å². The van der Waals surface area contributed by atoms with E-state index >= 15 is 0 Å². The normalized spacial score (nSPS) is 12.2. The molecule has 1 rings (SSSR count). The predicted molar refractivity (Wildman–Crippen MR) is 61.0 cm³/mol. The molecule has 0 heterocycles. The Hall–Kier alpha value is -0.930. The molecule has 16 heavy (non-hydrogen) atoms. The fourth-order valence-corrected chi connectivity index (χ4v) is 1.53. The number of alkyl halides is 1. The van der Waals surface area contributed by atoms with E-state index in [1.807, 2.05) is 0 Å². The quantitative estimate of drug-likeness (QED) is 0.615. The number of hydrogen-bond donors (Lipinski definition) is 0. The minimum Gasteiger partial charge on any atom is -0.296 e. The highest BCUT2D eigenvalue weighted by atomic mass is 35.5. The number of rotatable bonds is 4. The maximum Gasteiger partial charge on any atom is 0.220 e. The molecule has 0 bridgehead atoms. The maximum atomic E-state index is 13.4. The number of benzene rings is 1. The Bertz CT molecular complexity index is 432. The van der Waals surface area contributed by atoms with E-state index in [0.717, 1.165) is 0 Å². The van der Waals surface area contributed by atoms with Crippen LogP contribution >= 0.6 is 23.2 Å². The van der Waals surface area contributed by atoms with Crippen LogP contribution in [0, 0.1) is 0 Å². The first-order valence-electron chi connectivity index (χ1n) is 4.63. The van der Waals surface area contributed by atoms with E-state index in [1.54, 1.807) is 0 Å². The first-order valence-corrected chi connectivity index (χ1v) is 5.39. The highest BCUT2D eigenvalue weighted by molar-refractivity contribution is 6.36. The number of ketones is 2. The van der Waals surface area contributed by atoms with Gasteiger partial charge in [-0.15, -0.1) is 0 Å². The zero-order chi connectivity index (χ0) is 12.3. The van der Waals surface area contributed by atoms with Crippen LogP contribution in [0.4, 0.5) is 4.39 Å². The van der Waals surface area contributed by atoms with Crippen molar-refractivity contribution >= 4 is 34.8 Å². The molecular formula is C11H9Cl2FO2. The van der Waals surface area contributed by atoms with Crippen molar-refractivity contribution in [1.82, 2.24) is 0 Å². The van der Waals surface area contributed by atoms with Gasteiger partial charge in [-0.2, -0.15) is 0 Å². The Morgan fingerprint density at radius 2 is 2.00 bits per heavy atom. The third kappa shape index (κ3) is 2.80. The average molecular weight is 263 g/mol. The van der Waals surface area contributed by atoms with Gasteiger partial charge in [0.1, 0.15) is 0 Å². The average Bonchev–Trinajstić information content (AvgIpc) is 2.29. The molecule has 5 heteroatoms. The summed E-state index contributed by atoms with van der Waals surface area (Å²) < 4.78 is 13.4. The summed E-state index contributed by atoms with van der Waals surface area (Å²) in [7, 11) is 0. The topological polar surface area (TPSA) is 34.1 Å². The largest absolute Gasteiger partial charge is 0.296 e. The molecule has 0 saturated heterocycles. The van der Waals surface area contributed by atoms with Gasteiger partial charge in [0.15, 0.2) is 5.78 Å². The van der Waals surface area contributed by atoms with Crippen molar-refractivity contribution in [2.45, 2.75) is 19.5 Å². The van der Waals surface area contributed by atoms with Crippen molar-refractivity contribution in [3.05, 3.63) is 33.8 Å². The van der Waals surface area contributed by atoms with Crippen molar-refractivity contribution in [2.75, 3.05) is 0 Å². The lowest BCUT2D eigenvalue weighted by molar-refractivity contribution is -0.121. The molecule has 0 aliphatic heterocycles. The van der Waals surface area contributed by atoms with Gasteiger partial charge in [-0.1, -0.05) is 30.1 Å². The highest BCUT2D eigenvalue weighted by Gasteiger charge is 2.27. The Balaban J connectivity index is 3.05. The lowest BCUT2D eigenvalue weighted by Gasteiger charge is -2.07. The summed E-state index contributed by atoms with van der Waals surface area (Å²) in [4.78, 5) is 22.6. The van der Waals surface area contributed by atoms with Crippen LogP contribution in [0.1, 0.15) is 23.7 Å². The van der Waals surface area contributed by atoms with Gasteiger partial charge < -0.3 is 0 Å². The third-order valence-electron chi connectivity index (χ3n) is 2.06. The van der Waals surface area contributed by atoms with Gasteiger partial charge in [-0.3, -0.25) is 9.59 Å². The second kappa shape index (κ2) is 5.41. The Morgan fingerprint density at radius 3 is 2.56 bits per heavy atom. The van der Waals surface area contributed by atoms with E-state index < -0.39 is 17.7 Å². The summed E-state index contributed by atoms with van der Waals surface area (Å²) in [6, 6.07) is 4.12. The summed E-state index contributed by atoms with van der Waals surface area (Å²) >= 11 is 11.4. The highest BCUT2D eigenvalue weighted by Crippen LogP contribution is 2.23. The van der Waals surface area contributed by atoms with Gasteiger partial charge in [-0.25, -0.2) is 4.39 Å². The van der Waals surface area contributed by atoms with Crippen molar-refractivity contribution in [2.24, 2.45) is 0 Å². The Morgan fingerprint density at radius 1 is 1.38 bits per heavy atom. The first-order chi connectivity index (χ1) is 7.47. The lowest BCUT2D eigenvalue weighted by Crippen LogP contribution is -2.25. The van der Waals surface area contributed by atoms with Crippen molar-refractivity contribution < 1.29 is 14.0 Å². The van der Waals surface area contributed by atoms with Crippen LogP contribution in [0.25, 0.3) is 0 Å². The van der Waals surface area contributed by atoms with E-state index in [1.165, 1.54) is 25.1 Å². The molecule has 2 nitrogen and oxygen atoms in total. The van der Waals surface area contributed by atoms with Gasteiger partial charge >= 0.3 is 0 Å². The first kappa shape index (κ1) is 13.1. The van der Waals surface area contributed by atoms with Gasteiger partial charge in [0.05, 0.1) is 5.02 Å². The zero-order valence-corrected chi connectivity index (χ0v) is 9.98. The fraction of sp³-hybridized carbons (Fsp3) is 0.273. The molecule has 0 N–H and O–H groups in total. The minimum absolute atomic E-state index is 0.0366. The van der Waals surface area contributed by atoms with E-state index in [-0.39, 0.29) is 22.0 Å². The maximum absolute atomic E-state index is 13.4. The number of halogens is 3. The van der Waals surface area contributed by atoms with Crippen molar-refractivity contribution in [1.29, 1.82) is 0 Å². The number of carbonyl (C=O) groups excluding carboxylic acids is 2. The summed E-state index contributed by atoms with van der Waals surface area (Å²) in [5.41, 5.74) is -0.0662. The van der Waals surface area contributed by atoms with Gasteiger partial charge in [0.2, 0.25) is 12.0 Å². The molecule has 0 fully saturated rings. The second-order valence-corrected chi connectivity index (χ2v) is 4.01. The van der Waals surface area contributed by atoms with Crippen LogP contribution in [0.5, 0.6) is 0 Å². The molecule has 0 aromatic heterocycles. The molecule has 0 aliphatic carbocycles. The van der Waals surface area contributed by atoms with Crippen molar-refractivity contribution in [3.8, 4) is 0 Å². The SMILES string of the molecule is CCC(=O)C(F)C(=O)c1cc(Cl)ccc1Cl. The second-order valence-electron chi connectivity index (χ2n) is 3.17. The van der Waals surface area contributed by atoms with Crippen LogP contribution in [0.15, 0.2) is 18.2 Å². The molecule has 86 valence electrons. The van der Waals surface area contributed by atoms with Crippen LogP contribution in [0.2, 0.25) is 10.0 Å². The fourth-order valence-electron chi connectivity index (χ4n) is 1.15. The Kier molecular flexibility index (Phi) is 4.44. The van der Waals surface area contributed by atoms with Crippen LogP contribution < -0.4 is 0 Å². The summed E-state index contributed by atoms with van der Waals surface area (Å²) in [6.07, 6.45) is -2.20. The molecule has 0 radical (unpaired) electrons. The molecule has 0 amide bonds. The number of carbonyl (C=O) groups is 2.